The Balaban J connectivity index is 1.76. The third kappa shape index (κ3) is 3.27. The number of benzene rings is 1. The molecule has 0 radical (unpaired) electrons. The fourth-order valence-electron chi connectivity index (χ4n) is 2.65. The molecule has 0 saturated heterocycles. The fraction of sp³-hybridized carbons (Fsp3) is 0.333. The van der Waals surface area contributed by atoms with Crippen LogP contribution in [0.3, 0.4) is 0 Å². The Morgan fingerprint density at radius 1 is 1.33 bits per heavy atom. The number of hydrogen-bond donors (Lipinski definition) is 1. The number of fused-ring (bicyclic) bond motifs is 1. The number of carbonyl (C=O) groups is 2. The lowest BCUT2D eigenvalue weighted by Gasteiger charge is -2.33. The zero-order valence-electron chi connectivity index (χ0n) is 13.7. The monoisotopic (exact) mass is 328 g/mol. The summed E-state index contributed by atoms with van der Waals surface area (Å²) in [6.45, 7) is 4.07. The van der Waals surface area contributed by atoms with Gasteiger partial charge in [0.2, 0.25) is 5.91 Å². The largest absolute Gasteiger partial charge is 0.478 e. The summed E-state index contributed by atoms with van der Waals surface area (Å²) < 4.78 is 10.9. The highest BCUT2D eigenvalue weighted by atomic mass is 16.5. The number of furan rings is 1. The van der Waals surface area contributed by atoms with Crippen molar-refractivity contribution < 1.29 is 18.7 Å². The van der Waals surface area contributed by atoms with Crippen molar-refractivity contribution in [3.8, 4) is 5.75 Å². The number of amides is 2. The van der Waals surface area contributed by atoms with Crippen molar-refractivity contribution in [3.05, 3.63) is 47.9 Å². The first-order chi connectivity index (χ1) is 11.6. The van der Waals surface area contributed by atoms with E-state index < -0.39 is 6.10 Å². The molecular weight excluding hydrogens is 308 g/mol. The van der Waals surface area contributed by atoms with Crippen molar-refractivity contribution in [3.63, 3.8) is 0 Å². The molecule has 2 heterocycles. The van der Waals surface area contributed by atoms with Crippen LogP contribution in [0.2, 0.25) is 0 Å². The molecule has 2 aromatic rings. The highest BCUT2D eigenvalue weighted by Gasteiger charge is 2.34. The molecule has 1 aliphatic rings. The van der Waals surface area contributed by atoms with Gasteiger partial charge in [-0.1, -0.05) is 13.0 Å². The number of carbonyl (C=O) groups excluding carboxylic acids is 2. The van der Waals surface area contributed by atoms with Crippen LogP contribution in [0.25, 0.3) is 0 Å². The summed E-state index contributed by atoms with van der Waals surface area (Å²) in [5.74, 6) is 0.859. The van der Waals surface area contributed by atoms with Gasteiger partial charge in [0.05, 0.1) is 18.5 Å². The molecular formula is C18H20N2O4. The minimum atomic E-state index is -0.557. The second-order valence-electron chi connectivity index (χ2n) is 5.77. The van der Waals surface area contributed by atoms with Crippen LogP contribution in [0.5, 0.6) is 5.75 Å². The first-order valence-corrected chi connectivity index (χ1v) is 7.96. The number of ether oxygens (including phenoxy) is 1. The molecule has 126 valence electrons. The average Bonchev–Trinajstić information content (AvgIpc) is 3.09. The quantitative estimate of drug-likeness (QED) is 0.915. The Hall–Kier alpha value is -2.76. The highest BCUT2D eigenvalue weighted by Crippen LogP contribution is 2.35. The lowest BCUT2D eigenvalue weighted by Crippen LogP contribution is -2.49. The van der Waals surface area contributed by atoms with E-state index in [1.165, 1.54) is 4.90 Å². The van der Waals surface area contributed by atoms with Crippen LogP contribution in [0.15, 0.2) is 41.0 Å². The van der Waals surface area contributed by atoms with Gasteiger partial charge < -0.3 is 14.5 Å². The molecule has 1 N–H and O–H groups in total. The maximum absolute atomic E-state index is 12.6. The first-order valence-electron chi connectivity index (χ1n) is 7.96. The van der Waals surface area contributed by atoms with Gasteiger partial charge in [0.1, 0.15) is 18.1 Å². The van der Waals surface area contributed by atoms with Gasteiger partial charge in [-0.2, -0.15) is 0 Å². The van der Waals surface area contributed by atoms with Crippen molar-refractivity contribution in [2.24, 2.45) is 0 Å². The Bertz CT molecular complexity index is 739. The maximum Gasteiger partial charge on any atom is 0.268 e. The first kappa shape index (κ1) is 16.1. The van der Waals surface area contributed by atoms with E-state index in [9.17, 15) is 9.59 Å². The summed E-state index contributed by atoms with van der Waals surface area (Å²) in [5, 5.41) is 2.76. The molecule has 0 fully saturated rings. The summed E-state index contributed by atoms with van der Waals surface area (Å²) in [6.07, 6.45) is 1.55. The fourth-order valence-corrected chi connectivity index (χ4v) is 2.65. The van der Waals surface area contributed by atoms with E-state index in [4.69, 9.17) is 9.15 Å². The van der Waals surface area contributed by atoms with Crippen molar-refractivity contribution >= 4 is 17.5 Å². The molecule has 24 heavy (non-hydrogen) atoms. The molecule has 0 unspecified atom stereocenters. The normalized spacial score (nSPS) is 16.5. The third-order valence-corrected chi connectivity index (χ3v) is 3.93. The molecule has 0 spiro atoms. The second-order valence-corrected chi connectivity index (χ2v) is 5.77. The summed E-state index contributed by atoms with van der Waals surface area (Å²) in [4.78, 5) is 26.4. The van der Waals surface area contributed by atoms with Crippen LogP contribution in [0, 0.1) is 6.92 Å². The molecule has 0 aliphatic carbocycles. The number of nitrogens with one attached hydrogen (secondary N) is 1. The molecule has 1 aromatic heterocycles. The van der Waals surface area contributed by atoms with E-state index >= 15 is 0 Å². The molecule has 1 aliphatic heterocycles. The summed E-state index contributed by atoms with van der Waals surface area (Å²) in [6, 6.07) is 9.17. The summed E-state index contributed by atoms with van der Waals surface area (Å²) in [5.41, 5.74) is 1.64. The Morgan fingerprint density at radius 2 is 2.17 bits per heavy atom. The maximum atomic E-state index is 12.6. The third-order valence-electron chi connectivity index (χ3n) is 3.93. The Labute approximate surface area is 140 Å². The van der Waals surface area contributed by atoms with E-state index in [-0.39, 0.29) is 18.4 Å². The zero-order chi connectivity index (χ0) is 17.1. The smallest absolute Gasteiger partial charge is 0.268 e. The van der Waals surface area contributed by atoms with Crippen LogP contribution in [0.4, 0.5) is 5.69 Å². The standard InChI is InChI=1S/C18H20N2O4/c1-3-15-18(22)20(14-9-12(2)6-7-16(14)24-15)11-17(21)19-10-13-5-4-8-23-13/h4-9,15H,3,10-11H2,1-2H3,(H,19,21)/t15-/m0/s1. The van der Waals surface area contributed by atoms with Gasteiger partial charge in [-0.25, -0.2) is 0 Å². The van der Waals surface area contributed by atoms with Gasteiger partial charge in [-0.15, -0.1) is 0 Å². The lowest BCUT2D eigenvalue weighted by atomic mass is 10.1. The van der Waals surface area contributed by atoms with Crippen LogP contribution in [-0.2, 0) is 16.1 Å². The Morgan fingerprint density at radius 3 is 2.88 bits per heavy atom. The van der Waals surface area contributed by atoms with Gasteiger partial charge in [0.25, 0.3) is 5.91 Å². The van der Waals surface area contributed by atoms with Crippen LogP contribution in [0.1, 0.15) is 24.7 Å². The van der Waals surface area contributed by atoms with E-state index in [0.29, 0.717) is 30.2 Å². The average molecular weight is 328 g/mol. The minimum absolute atomic E-state index is 0.0458. The van der Waals surface area contributed by atoms with Gasteiger partial charge in [0.15, 0.2) is 6.10 Å². The number of nitrogens with zero attached hydrogens (tertiary/aromatic N) is 1. The van der Waals surface area contributed by atoms with Gasteiger partial charge in [0, 0.05) is 0 Å². The SMILES string of the molecule is CC[C@@H]1Oc2ccc(C)cc2N(CC(=O)NCc2ccco2)C1=O. The number of hydrogen-bond acceptors (Lipinski definition) is 4. The van der Waals surface area contributed by atoms with Gasteiger partial charge in [-0.3, -0.25) is 14.5 Å². The molecule has 6 heteroatoms. The second kappa shape index (κ2) is 6.78. The van der Waals surface area contributed by atoms with E-state index in [2.05, 4.69) is 5.32 Å². The van der Waals surface area contributed by atoms with Crippen LogP contribution < -0.4 is 15.0 Å². The Kier molecular flexibility index (Phi) is 4.55. The molecule has 3 rings (SSSR count). The van der Waals surface area contributed by atoms with Crippen LogP contribution >= 0.6 is 0 Å². The topological polar surface area (TPSA) is 71.8 Å². The molecule has 1 atom stereocenters. The minimum Gasteiger partial charge on any atom is -0.478 e. The van der Waals surface area contributed by atoms with E-state index in [1.807, 2.05) is 32.0 Å². The van der Waals surface area contributed by atoms with E-state index in [0.717, 1.165) is 5.56 Å². The number of aryl methyl sites for hydroxylation is 1. The van der Waals surface area contributed by atoms with E-state index in [1.54, 1.807) is 18.4 Å². The molecule has 0 bridgehead atoms. The van der Waals surface area contributed by atoms with Crippen LogP contribution in [-0.4, -0.2) is 24.5 Å². The predicted octanol–water partition coefficient (Wildman–Crippen LogP) is 2.41. The molecule has 6 nitrogen and oxygen atoms in total. The zero-order valence-corrected chi connectivity index (χ0v) is 13.7. The van der Waals surface area contributed by atoms with Gasteiger partial charge in [-0.05, 0) is 43.2 Å². The summed E-state index contributed by atoms with van der Waals surface area (Å²) in [7, 11) is 0. The van der Waals surface area contributed by atoms with Gasteiger partial charge >= 0.3 is 0 Å². The molecule has 1 aromatic carbocycles. The summed E-state index contributed by atoms with van der Waals surface area (Å²) >= 11 is 0. The number of rotatable bonds is 5. The highest BCUT2D eigenvalue weighted by molar-refractivity contribution is 6.03. The van der Waals surface area contributed by atoms with Crippen molar-refractivity contribution in [2.75, 3.05) is 11.4 Å². The lowest BCUT2D eigenvalue weighted by molar-refractivity contribution is -0.129. The number of anilines is 1. The molecule has 2 amide bonds. The molecule has 0 saturated carbocycles. The van der Waals surface area contributed by atoms with Crippen molar-refractivity contribution in [1.82, 2.24) is 5.32 Å². The van der Waals surface area contributed by atoms with Crippen molar-refractivity contribution in [1.29, 1.82) is 0 Å². The van der Waals surface area contributed by atoms with Crippen molar-refractivity contribution in [2.45, 2.75) is 32.9 Å². The predicted molar refractivity (Wildman–Crippen MR) is 88.8 cm³/mol.